The molecule has 30 heavy (non-hydrogen) atoms. The Hall–Kier alpha value is -1.83. The molecule has 2 atom stereocenters. The highest BCUT2D eigenvalue weighted by molar-refractivity contribution is 5.77. The van der Waals surface area contributed by atoms with E-state index in [2.05, 4.69) is 10.2 Å². The quantitative estimate of drug-likeness (QED) is 0.675. The number of rotatable bonds is 8. The first-order valence-corrected chi connectivity index (χ1v) is 11.4. The van der Waals surface area contributed by atoms with E-state index in [1.54, 1.807) is 0 Å². The van der Waals surface area contributed by atoms with Gasteiger partial charge in [-0.3, -0.25) is 4.79 Å². The number of carbonyl (C=O) groups excluding carboxylic acids is 1. The molecule has 1 aromatic carbocycles. The SMILES string of the molecule is O=C(COC1CCCCC1)N[C@H](CN1CCCC1)[C@H](O)c1ccc2c(c1)OCCO2. The molecule has 3 aliphatic rings. The van der Waals surface area contributed by atoms with E-state index in [-0.39, 0.29) is 18.6 Å². The highest BCUT2D eigenvalue weighted by Crippen LogP contribution is 2.33. The van der Waals surface area contributed by atoms with Crippen LogP contribution in [0.15, 0.2) is 18.2 Å². The van der Waals surface area contributed by atoms with Gasteiger partial charge in [0.15, 0.2) is 11.5 Å². The number of amides is 1. The van der Waals surface area contributed by atoms with Crippen LogP contribution in [0.1, 0.15) is 56.6 Å². The van der Waals surface area contributed by atoms with Gasteiger partial charge in [0.05, 0.1) is 12.1 Å². The van der Waals surface area contributed by atoms with E-state index < -0.39 is 12.1 Å². The minimum Gasteiger partial charge on any atom is -0.486 e. The zero-order valence-corrected chi connectivity index (χ0v) is 17.7. The van der Waals surface area contributed by atoms with Crippen molar-refractivity contribution in [3.63, 3.8) is 0 Å². The maximum atomic E-state index is 12.6. The molecule has 0 radical (unpaired) electrons. The van der Waals surface area contributed by atoms with Crippen molar-refractivity contribution in [2.45, 2.75) is 63.2 Å². The van der Waals surface area contributed by atoms with Crippen LogP contribution >= 0.6 is 0 Å². The Morgan fingerprint density at radius 2 is 1.83 bits per heavy atom. The molecule has 1 aliphatic carbocycles. The second kappa shape index (κ2) is 10.5. The van der Waals surface area contributed by atoms with Gasteiger partial charge in [0.25, 0.3) is 0 Å². The lowest BCUT2D eigenvalue weighted by atomic mass is 9.98. The second-order valence-corrected chi connectivity index (χ2v) is 8.60. The zero-order chi connectivity index (χ0) is 20.8. The number of hydrogen-bond acceptors (Lipinski definition) is 6. The summed E-state index contributed by atoms with van der Waals surface area (Å²) in [5.74, 6) is 1.17. The van der Waals surface area contributed by atoms with E-state index in [4.69, 9.17) is 14.2 Å². The first-order chi connectivity index (χ1) is 14.7. The maximum absolute atomic E-state index is 12.6. The van der Waals surface area contributed by atoms with E-state index >= 15 is 0 Å². The van der Waals surface area contributed by atoms with E-state index in [1.165, 1.54) is 19.3 Å². The molecular weight excluding hydrogens is 384 g/mol. The van der Waals surface area contributed by atoms with Crippen LogP contribution in [0.5, 0.6) is 11.5 Å². The smallest absolute Gasteiger partial charge is 0.246 e. The number of aliphatic hydroxyl groups excluding tert-OH is 1. The largest absolute Gasteiger partial charge is 0.486 e. The van der Waals surface area contributed by atoms with Crippen LogP contribution in [0.3, 0.4) is 0 Å². The molecule has 1 amide bonds. The summed E-state index contributed by atoms with van der Waals surface area (Å²) in [4.78, 5) is 14.9. The van der Waals surface area contributed by atoms with Crippen LogP contribution in [0.25, 0.3) is 0 Å². The number of fused-ring (bicyclic) bond motifs is 1. The third-order valence-electron chi connectivity index (χ3n) is 6.29. The van der Waals surface area contributed by atoms with Crippen LogP contribution in [-0.4, -0.2) is 67.5 Å². The zero-order valence-electron chi connectivity index (χ0n) is 17.7. The Morgan fingerprint density at radius 3 is 2.60 bits per heavy atom. The Labute approximate surface area is 178 Å². The highest BCUT2D eigenvalue weighted by atomic mass is 16.6. The van der Waals surface area contributed by atoms with Crippen molar-refractivity contribution in [1.29, 1.82) is 0 Å². The van der Waals surface area contributed by atoms with Gasteiger partial charge in [0.2, 0.25) is 5.91 Å². The first-order valence-electron chi connectivity index (χ1n) is 11.4. The van der Waals surface area contributed by atoms with Gasteiger partial charge in [-0.1, -0.05) is 25.3 Å². The molecule has 4 rings (SSSR count). The van der Waals surface area contributed by atoms with Crippen molar-refractivity contribution in [2.75, 3.05) is 39.5 Å². The number of nitrogens with zero attached hydrogens (tertiary/aromatic N) is 1. The fourth-order valence-corrected chi connectivity index (χ4v) is 4.62. The molecule has 2 heterocycles. The monoisotopic (exact) mass is 418 g/mol. The predicted octanol–water partition coefficient (Wildman–Crippen LogP) is 2.42. The number of likely N-dealkylation sites (tertiary alicyclic amines) is 1. The fourth-order valence-electron chi connectivity index (χ4n) is 4.62. The third kappa shape index (κ3) is 5.65. The number of carbonyl (C=O) groups is 1. The molecule has 0 spiro atoms. The summed E-state index contributed by atoms with van der Waals surface area (Å²) in [5.41, 5.74) is 0.719. The van der Waals surface area contributed by atoms with Crippen LogP contribution in [0, 0.1) is 0 Å². The van der Waals surface area contributed by atoms with E-state index in [0.717, 1.165) is 44.3 Å². The summed E-state index contributed by atoms with van der Waals surface area (Å²) < 4.78 is 17.1. The fraction of sp³-hybridized carbons (Fsp3) is 0.696. The number of hydrogen-bond donors (Lipinski definition) is 2. The molecule has 0 aromatic heterocycles. The lowest BCUT2D eigenvalue weighted by Crippen LogP contribution is -2.48. The van der Waals surface area contributed by atoms with Crippen molar-refractivity contribution < 1.29 is 24.1 Å². The molecule has 1 saturated carbocycles. The number of ether oxygens (including phenoxy) is 3. The number of aliphatic hydroxyl groups is 1. The molecule has 0 bridgehead atoms. The number of nitrogens with one attached hydrogen (secondary N) is 1. The van der Waals surface area contributed by atoms with E-state index in [0.29, 0.717) is 31.3 Å². The number of benzene rings is 1. The second-order valence-electron chi connectivity index (χ2n) is 8.60. The van der Waals surface area contributed by atoms with Crippen molar-refractivity contribution >= 4 is 5.91 Å². The lowest BCUT2D eigenvalue weighted by Gasteiger charge is -2.30. The average molecular weight is 419 g/mol. The molecule has 7 nitrogen and oxygen atoms in total. The van der Waals surface area contributed by atoms with E-state index in [1.807, 2.05) is 18.2 Å². The van der Waals surface area contributed by atoms with Crippen LogP contribution < -0.4 is 14.8 Å². The van der Waals surface area contributed by atoms with Gasteiger partial charge in [-0.25, -0.2) is 0 Å². The lowest BCUT2D eigenvalue weighted by molar-refractivity contribution is -0.130. The third-order valence-corrected chi connectivity index (χ3v) is 6.29. The minimum atomic E-state index is -0.833. The molecule has 2 aliphatic heterocycles. The first kappa shape index (κ1) is 21.4. The van der Waals surface area contributed by atoms with Crippen molar-refractivity contribution in [1.82, 2.24) is 10.2 Å². The summed E-state index contributed by atoms with van der Waals surface area (Å²) in [6, 6.07) is 5.09. The van der Waals surface area contributed by atoms with Crippen LogP contribution in [-0.2, 0) is 9.53 Å². The van der Waals surface area contributed by atoms with Crippen molar-refractivity contribution in [2.24, 2.45) is 0 Å². The summed E-state index contributed by atoms with van der Waals surface area (Å²) in [7, 11) is 0. The summed E-state index contributed by atoms with van der Waals surface area (Å²) in [5, 5.41) is 14.2. The summed E-state index contributed by atoms with van der Waals surface area (Å²) >= 11 is 0. The van der Waals surface area contributed by atoms with Crippen LogP contribution in [0.4, 0.5) is 0 Å². The molecular formula is C23H34N2O5. The normalized spacial score (nSPS) is 21.9. The molecule has 1 saturated heterocycles. The molecule has 0 unspecified atom stereocenters. The van der Waals surface area contributed by atoms with Gasteiger partial charge in [-0.15, -0.1) is 0 Å². The topological polar surface area (TPSA) is 80.3 Å². The molecule has 7 heteroatoms. The molecule has 1 aromatic rings. The molecule has 166 valence electrons. The maximum Gasteiger partial charge on any atom is 0.246 e. The average Bonchev–Trinajstić information content (AvgIpc) is 3.30. The van der Waals surface area contributed by atoms with Crippen molar-refractivity contribution in [3.05, 3.63) is 23.8 Å². The standard InChI is InChI=1S/C23H34N2O5/c26-22(16-30-18-6-2-1-3-7-18)24-19(15-25-10-4-5-11-25)23(27)17-8-9-20-21(14-17)29-13-12-28-20/h8-9,14,18-19,23,27H,1-7,10-13,15-16H2,(H,24,26)/t19-,23-/m1/s1. The Kier molecular flexibility index (Phi) is 7.47. The van der Waals surface area contributed by atoms with Gasteiger partial charge in [-0.2, -0.15) is 0 Å². The minimum absolute atomic E-state index is 0.0506. The van der Waals surface area contributed by atoms with Gasteiger partial charge in [-0.05, 0) is 56.5 Å². The molecule has 2 fully saturated rings. The summed E-state index contributed by atoms with van der Waals surface area (Å²) in [6.07, 6.45) is 7.33. The van der Waals surface area contributed by atoms with Gasteiger partial charge in [0, 0.05) is 6.54 Å². The van der Waals surface area contributed by atoms with E-state index in [9.17, 15) is 9.90 Å². The predicted molar refractivity (Wildman–Crippen MR) is 113 cm³/mol. The van der Waals surface area contributed by atoms with Gasteiger partial charge >= 0.3 is 0 Å². The highest BCUT2D eigenvalue weighted by Gasteiger charge is 2.28. The van der Waals surface area contributed by atoms with Gasteiger partial charge < -0.3 is 29.5 Å². The summed E-state index contributed by atoms with van der Waals surface area (Å²) in [6.45, 7) is 3.69. The van der Waals surface area contributed by atoms with Crippen molar-refractivity contribution in [3.8, 4) is 11.5 Å². The Morgan fingerprint density at radius 1 is 1.10 bits per heavy atom. The van der Waals surface area contributed by atoms with Gasteiger partial charge in [0.1, 0.15) is 25.9 Å². The van der Waals surface area contributed by atoms with Crippen LogP contribution in [0.2, 0.25) is 0 Å². The molecule has 2 N–H and O–H groups in total. The Balaban J connectivity index is 1.39. The Bertz CT molecular complexity index is 701.